The molecule has 0 aliphatic carbocycles. The van der Waals surface area contributed by atoms with E-state index in [1.165, 1.54) is 5.56 Å². The Kier molecular flexibility index (Phi) is 4.49. The van der Waals surface area contributed by atoms with Crippen molar-refractivity contribution in [2.24, 2.45) is 5.92 Å². The summed E-state index contributed by atoms with van der Waals surface area (Å²) in [7, 11) is 0. The zero-order chi connectivity index (χ0) is 10.2. The molecule has 1 atom stereocenters. The highest BCUT2D eigenvalue weighted by atomic mass is 13.9. The topological polar surface area (TPSA) is 0 Å². The van der Waals surface area contributed by atoms with Crippen LogP contribution in [-0.2, 0) is 0 Å². The van der Waals surface area contributed by atoms with Crippen molar-refractivity contribution in [2.75, 3.05) is 0 Å². The minimum atomic E-state index is 0.202. The smallest absolute Gasteiger partial charge is 0.00467 e. The Morgan fingerprint density at radius 1 is 1.07 bits per heavy atom. The van der Waals surface area contributed by atoms with E-state index in [9.17, 15) is 0 Å². The second kappa shape index (κ2) is 5.98. The molecule has 0 saturated heterocycles. The first-order chi connectivity index (χ1) is 6.83. The predicted octanol–water partition coefficient (Wildman–Crippen LogP) is 3.89. The normalized spacial score (nSPS) is 13.5. The van der Waals surface area contributed by atoms with E-state index in [0.717, 1.165) is 0 Å². The van der Waals surface area contributed by atoms with E-state index in [2.05, 4.69) is 37.8 Å². The van der Waals surface area contributed by atoms with Gasteiger partial charge >= 0.3 is 0 Å². The fourth-order valence-corrected chi connectivity index (χ4v) is 1.08. The van der Waals surface area contributed by atoms with Crippen molar-refractivity contribution in [2.45, 2.75) is 0 Å². The van der Waals surface area contributed by atoms with Crippen molar-refractivity contribution in [3.63, 3.8) is 0 Å². The summed E-state index contributed by atoms with van der Waals surface area (Å²) in [6, 6.07) is 10.2. The molecule has 1 radical (unpaired) electrons. The molecule has 0 heterocycles. The van der Waals surface area contributed by atoms with Gasteiger partial charge in [-0.15, -0.1) is 0 Å². The van der Waals surface area contributed by atoms with E-state index in [4.69, 9.17) is 0 Å². The van der Waals surface area contributed by atoms with Crippen LogP contribution in [0.4, 0.5) is 0 Å². The maximum Gasteiger partial charge on any atom is -0.00467 e. The molecule has 0 heteroatoms. The quantitative estimate of drug-likeness (QED) is 0.621. The van der Waals surface area contributed by atoms with Crippen LogP contribution in [0.2, 0.25) is 0 Å². The summed E-state index contributed by atoms with van der Waals surface area (Å²) in [6.45, 7) is 7.58. The molecule has 0 aliphatic heterocycles. The predicted molar refractivity (Wildman–Crippen MR) is 63.7 cm³/mol. The highest BCUT2D eigenvalue weighted by Gasteiger charge is 1.88. The van der Waals surface area contributed by atoms with Gasteiger partial charge in [-0.2, -0.15) is 0 Å². The van der Waals surface area contributed by atoms with Crippen molar-refractivity contribution >= 4 is 6.08 Å². The van der Waals surface area contributed by atoms with Crippen LogP contribution in [0.25, 0.3) is 6.08 Å². The lowest BCUT2D eigenvalue weighted by Gasteiger charge is -1.96. The molecule has 14 heavy (non-hydrogen) atoms. The molecule has 0 bridgehead atoms. The van der Waals surface area contributed by atoms with E-state index in [-0.39, 0.29) is 5.92 Å². The Morgan fingerprint density at radius 2 is 1.79 bits per heavy atom. The van der Waals surface area contributed by atoms with Crippen LogP contribution < -0.4 is 0 Å². The number of hydrogen-bond donors (Lipinski definition) is 0. The van der Waals surface area contributed by atoms with E-state index in [1.54, 1.807) is 6.08 Å². The molecule has 0 nitrogen and oxygen atoms in total. The lowest BCUT2D eigenvalue weighted by atomic mass is 10.1. The van der Waals surface area contributed by atoms with Gasteiger partial charge in [-0.05, 0) is 18.4 Å². The number of rotatable bonds is 4. The Bertz CT molecular complexity index is 317. The number of hydrogen-bond acceptors (Lipinski definition) is 0. The third-order valence-electron chi connectivity index (χ3n) is 1.83. The summed E-state index contributed by atoms with van der Waals surface area (Å²) < 4.78 is 0. The molecule has 0 N–H and O–H groups in total. The van der Waals surface area contributed by atoms with E-state index in [1.807, 2.05) is 30.4 Å². The first-order valence-electron chi connectivity index (χ1n) is 4.68. The maximum absolute atomic E-state index is 3.97. The van der Waals surface area contributed by atoms with Gasteiger partial charge in [-0.3, -0.25) is 0 Å². The van der Waals surface area contributed by atoms with Crippen molar-refractivity contribution in [3.05, 3.63) is 73.7 Å². The third kappa shape index (κ3) is 3.90. The molecule has 0 saturated carbocycles. The van der Waals surface area contributed by atoms with Crippen LogP contribution in [-0.4, -0.2) is 0 Å². The number of allylic oxidation sites excluding steroid dienone is 4. The molecule has 71 valence electrons. The summed E-state index contributed by atoms with van der Waals surface area (Å²) in [5.41, 5.74) is 1.20. The van der Waals surface area contributed by atoms with Crippen LogP contribution in [0.15, 0.2) is 61.2 Å². The van der Waals surface area contributed by atoms with Gasteiger partial charge in [0.15, 0.2) is 0 Å². The van der Waals surface area contributed by atoms with Crippen molar-refractivity contribution < 1.29 is 0 Å². The van der Waals surface area contributed by atoms with E-state index >= 15 is 0 Å². The maximum atomic E-state index is 3.97. The van der Waals surface area contributed by atoms with Crippen molar-refractivity contribution in [1.29, 1.82) is 0 Å². The van der Waals surface area contributed by atoms with Crippen LogP contribution in [0, 0.1) is 12.8 Å². The van der Waals surface area contributed by atoms with Crippen LogP contribution >= 0.6 is 0 Å². The highest BCUT2D eigenvalue weighted by molar-refractivity contribution is 5.49. The summed E-state index contributed by atoms with van der Waals surface area (Å²) in [4.78, 5) is 0. The van der Waals surface area contributed by atoms with Gasteiger partial charge in [0, 0.05) is 0 Å². The molecule has 1 rings (SSSR count). The molecule has 0 fully saturated rings. The van der Waals surface area contributed by atoms with Crippen LogP contribution in [0.1, 0.15) is 5.56 Å². The summed E-state index contributed by atoms with van der Waals surface area (Å²) in [5.74, 6) is 0.202. The zero-order valence-corrected chi connectivity index (χ0v) is 8.27. The average molecular weight is 183 g/mol. The molecule has 0 aliphatic rings. The fraction of sp³-hybridized carbons (Fsp3) is 0.0714. The molecule has 0 amide bonds. The highest BCUT2D eigenvalue weighted by Crippen LogP contribution is 2.05. The van der Waals surface area contributed by atoms with Crippen molar-refractivity contribution in [1.82, 2.24) is 0 Å². The number of benzene rings is 1. The molecule has 0 aromatic heterocycles. The van der Waals surface area contributed by atoms with Crippen LogP contribution in [0.5, 0.6) is 0 Å². The Morgan fingerprint density at radius 3 is 2.43 bits per heavy atom. The summed E-state index contributed by atoms with van der Waals surface area (Å²) >= 11 is 0. The largest absolute Gasteiger partial charge is 0.0991 e. The summed E-state index contributed by atoms with van der Waals surface area (Å²) in [6.07, 6.45) is 9.81. The monoisotopic (exact) mass is 183 g/mol. The van der Waals surface area contributed by atoms with Gasteiger partial charge < -0.3 is 0 Å². The second-order valence-corrected chi connectivity index (χ2v) is 3.05. The SMILES string of the molecule is [CH2]C(C=CC=C)C=Cc1ccccc1. The zero-order valence-electron chi connectivity index (χ0n) is 8.27. The molecule has 1 unspecified atom stereocenters. The van der Waals surface area contributed by atoms with Gasteiger partial charge in [0.05, 0.1) is 0 Å². The minimum Gasteiger partial charge on any atom is -0.0991 e. The lowest BCUT2D eigenvalue weighted by molar-refractivity contribution is 1.07. The van der Waals surface area contributed by atoms with Gasteiger partial charge in [0.2, 0.25) is 0 Å². The van der Waals surface area contributed by atoms with Gasteiger partial charge in [0.25, 0.3) is 0 Å². The lowest BCUT2D eigenvalue weighted by Crippen LogP contribution is -1.81. The third-order valence-corrected chi connectivity index (χ3v) is 1.83. The van der Waals surface area contributed by atoms with Gasteiger partial charge in [-0.1, -0.05) is 67.3 Å². The first-order valence-corrected chi connectivity index (χ1v) is 4.68. The average Bonchev–Trinajstić information content (AvgIpc) is 2.25. The Labute approximate surface area is 86.3 Å². The van der Waals surface area contributed by atoms with E-state index < -0.39 is 0 Å². The Hall–Kier alpha value is -1.56. The van der Waals surface area contributed by atoms with Crippen LogP contribution in [0.3, 0.4) is 0 Å². The molecule has 0 spiro atoms. The van der Waals surface area contributed by atoms with Crippen molar-refractivity contribution in [3.8, 4) is 0 Å². The fourth-order valence-electron chi connectivity index (χ4n) is 1.08. The van der Waals surface area contributed by atoms with E-state index in [0.29, 0.717) is 0 Å². The van der Waals surface area contributed by atoms with Gasteiger partial charge in [-0.25, -0.2) is 0 Å². The molecular formula is C14H15. The Balaban J connectivity index is 2.56. The molecule has 1 aromatic rings. The minimum absolute atomic E-state index is 0.202. The summed E-state index contributed by atoms with van der Waals surface area (Å²) in [5, 5.41) is 0. The molecular weight excluding hydrogens is 168 g/mol. The molecule has 1 aromatic carbocycles. The first kappa shape index (κ1) is 10.5. The van der Waals surface area contributed by atoms with Gasteiger partial charge in [0.1, 0.15) is 0 Å². The standard InChI is InChI=1S/C14H15/c1-3-4-8-13(2)11-12-14-9-6-5-7-10-14/h3-13H,1-2H2. The second-order valence-electron chi connectivity index (χ2n) is 3.05.